The molecule has 0 aliphatic carbocycles. The molecular weight excluding hydrogens is 271 g/mol. The van der Waals surface area contributed by atoms with Crippen molar-refractivity contribution >= 4 is 11.3 Å². The van der Waals surface area contributed by atoms with E-state index < -0.39 is 0 Å². The average Bonchev–Trinajstić information content (AvgIpc) is 2.93. The molecule has 0 fully saturated rings. The second-order valence-corrected chi connectivity index (χ2v) is 5.45. The number of nitrogens with two attached hydrogens (primary N) is 1. The molecule has 0 unspecified atom stereocenters. The molecule has 2 nitrogen and oxygen atoms in total. The second-order valence-electron chi connectivity index (χ2n) is 4.37. The quantitative estimate of drug-likeness (QED) is 0.787. The summed E-state index contributed by atoms with van der Waals surface area (Å²) < 4.78 is 13.0. The summed E-state index contributed by atoms with van der Waals surface area (Å²) >= 11 is 1.55. The summed E-state index contributed by atoms with van der Waals surface area (Å²) in [5.41, 5.74) is 8.69. The van der Waals surface area contributed by atoms with E-state index in [0.717, 1.165) is 26.7 Å². The van der Waals surface area contributed by atoms with E-state index >= 15 is 0 Å². The van der Waals surface area contributed by atoms with Crippen LogP contribution in [-0.4, -0.2) is 4.98 Å². The highest BCUT2D eigenvalue weighted by Gasteiger charge is 2.13. The molecule has 20 heavy (non-hydrogen) atoms. The summed E-state index contributed by atoms with van der Waals surface area (Å²) in [4.78, 5) is 5.70. The Hall–Kier alpha value is -2.04. The highest BCUT2D eigenvalue weighted by Crippen LogP contribution is 2.33. The van der Waals surface area contributed by atoms with Crippen LogP contribution in [0.25, 0.3) is 21.8 Å². The molecule has 0 saturated carbocycles. The number of thiazole rings is 1. The Labute approximate surface area is 120 Å². The Bertz CT molecular complexity index is 705. The third-order valence-corrected chi connectivity index (χ3v) is 4.15. The summed E-state index contributed by atoms with van der Waals surface area (Å²) in [6.07, 6.45) is 0. The van der Waals surface area contributed by atoms with Crippen molar-refractivity contribution in [1.29, 1.82) is 0 Å². The molecule has 1 heterocycles. The topological polar surface area (TPSA) is 38.9 Å². The van der Waals surface area contributed by atoms with E-state index in [1.807, 2.05) is 30.3 Å². The van der Waals surface area contributed by atoms with Gasteiger partial charge in [-0.15, -0.1) is 11.3 Å². The monoisotopic (exact) mass is 284 g/mol. The van der Waals surface area contributed by atoms with E-state index in [9.17, 15) is 4.39 Å². The van der Waals surface area contributed by atoms with Crippen molar-refractivity contribution in [2.75, 3.05) is 0 Å². The predicted octanol–water partition coefficient (Wildman–Crippen LogP) is 4.07. The van der Waals surface area contributed by atoms with Crippen molar-refractivity contribution in [3.05, 3.63) is 65.3 Å². The van der Waals surface area contributed by atoms with E-state index in [2.05, 4.69) is 4.98 Å². The molecule has 2 N–H and O–H groups in total. The molecule has 3 aromatic rings. The first-order valence-corrected chi connectivity index (χ1v) is 7.10. The summed E-state index contributed by atoms with van der Waals surface area (Å²) in [7, 11) is 0. The van der Waals surface area contributed by atoms with Crippen molar-refractivity contribution in [3.63, 3.8) is 0 Å². The van der Waals surface area contributed by atoms with Gasteiger partial charge in [0, 0.05) is 22.5 Å². The Morgan fingerprint density at radius 1 is 0.950 bits per heavy atom. The van der Waals surface area contributed by atoms with Crippen molar-refractivity contribution in [2.45, 2.75) is 6.54 Å². The first kappa shape index (κ1) is 13.0. The maximum atomic E-state index is 13.0. The van der Waals surface area contributed by atoms with Crippen LogP contribution >= 0.6 is 11.3 Å². The van der Waals surface area contributed by atoms with Crippen LogP contribution in [-0.2, 0) is 6.54 Å². The molecule has 4 heteroatoms. The van der Waals surface area contributed by atoms with Crippen LogP contribution in [0, 0.1) is 5.82 Å². The summed E-state index contributed by atoms with van der Waals surface area (Å²) in [6.45, 7) is 0.448. The molecular formula is C16H13FN2S. The number of hydrogen-bond acceptors (Lipinski definition) is 3. The standard InChI is InChI=1S/C16H13FN2S/c17-13-8-6-12(7-9-13)16-19-15(14(10-18)20-16)11-4-2-1-3-5-11/h1-9H,10,18H2. The lowest BCUT2D eigenvalue weighted by Gasteiger charge is -1.98. The lowest BCUT2D eigenvalue weighted by molar-refractivity contribution is 0.628. The van der Waals surface area contributed by atoms with Gasteiger partial charge in [0.2, 0.25) is 0 Å². The third kappa shape index (κ3) is 2.48. The van der Waals surface area contributed by atoms with Crippen LogP contribution < -0.4 is 5.73 Å². The molecule has 0 aliphatic rings. The molecule has 3 rings (SSSR count). The average molecular weight is 284 g/mol. The van der Waals surface area contributed by atoms with E-state index in [1.165, 1.54) is 12.1 Å². The van der Waals surface area contributed by atoms with Crippen molar-refractivity contribution in [3.8, 4) is 21.8 Å². The van der Waals surface area contributed by atoms with Gasteiger partial charge in [-0.05, 0) is 24.3 Å². The number of hydrogen-bond donors (Lipinski definition) is 1. The zero-order valence-electron chi connectivity index (χ0n) is 10.7. The van der Waals surface area contributed by atoms with Gasteiger partial charge in [-0.25, -0.2) is 9.37 Å². The fraction of sp³-hybridized carbons (Fsp3) is 0.0625. The van der Waals surface area contributed by atoms with Gasteiger partial charge in [-0.1, -0.05) is 30.3 Å². The van der Waals surface area contributed by atoms with Crippen LogP contribution in [0.1, 0.15) is 4.88 Å². The molecule has 0 spiro atoms. The Morgan fingerprint density at radius 2 is 1.65 bits per heavy atom. The zero-order chi connectivity index (χ0) is 13.9. The minimum atomic E-state index is -0.243. The lowest BCUT2D eigenvalue weighted by atomic mass is 10.1. The number of halogens is 1. The zero-order valence-corrected chi connectivity index (χ0v) is 11.5. The first-order chi connectivity index (χ1) is 9.78. The van der Waals surface area contributed by atoms with Crippen LogP contribution in [0.5, 0.6) is 0 Å². The van der Waals surface area contributed by atoms with Gasteiger partial charge in [0.15, 0.2) is 0 Å². The van der Waals surface area contributed by atoms with E-state index in [-0.39, 0.29) is 5.82 Å². The minimum Gasteiger partial charge on any atom is -0.326 e. The molecule has 0 atom stereocenters. The smallest absolute Gasteiger partial charge is 0.124 e. The number of benzene rings is 2. The number of aromatic nitrogens is 1. The Balaban J connectivity index is 2.07. The molecule has 100 valence electrons. The van der Waals surface area contributed by atoms with Crippen molar-refractivity contribution in [1.82, 2.24) is 4.98 Å². The van der Waals surface area contributed by atoms with Gasteiger partial charge >= 0.3 is 0 Å². The summed E-state index contributed by atoms with van der Waals surface area (Å²) in [5, 5.41) is 0.865. The predicted molar refractivity (Wildman–Crippen MR) is 80.8 cm³/mol. The van der Waals surface area contributed by atoms with Gasteiger partial charge in [0.05, 0.1) is 5.69 Å². The van der Waals surface area contributed by atoms with E-state index in [1.54, 1.807) is 23.5 Å². The molecule has 0 saturated heterocycles. The second kappa shape index (κ2) is 5.53. The van der Waals surface area contributed by atoms with E-state index in [4.69, 9.17) is 5.73 Å². The molecule has 2 aromatic carbocycles. The van der Waals surface area contributed by atoms with Gasteiger partial charge in [-0.3, -0.25) is 0 Å². The summed E-state index contributed by atoms with van der Waals surface area (Å²) in [5.74, 6) is -0.243. The Morgan fingerprint density at radius 3 is 2.30 bits per heavy atom. The highest BCUT2D eigenvalue weighted by molar-refractivity contribution is 7.15. The largest absolute Gasteiger partial charge is 0.326 e. The maximum Gasteiger partial charge on any atom is 0.124 e. The fourth-order valence-electron chi connectivity index (χ4n) is 2.03. The Kier molecular flexibility index (Phi) is 3.58. The van der Waals surface area contributed by atoms with Crippen LogP contribution in [0.2, 0.25) is 0 Å². The summed E-state index contributed by atoms with van der Waals surface area (Å²) in [6, 6.07) is 16.3. The van der Waals surface area contributed by atoms with Crippen LogP contribution in [0.3, 0.4) is 0 Å². The highest BCUT2D eigenvalue weighted by atomic mass is 32.1. The molecule has 1 aromatic heterocycles. The minimum absolute atomic E-state index is 0.243. The molecule has 0 bridgehead atoms. The van der Waals surface area contributed by atoms with Crippen LogP contribution in [0.15, 0.2) is 54.6 Å². The number of rotatable bonds is 3. The molecule has 0 radical (unpaired) electrons. The lowest BCUT2D eigenvalue weighted by Crippen LogP contribution is -1.95. The fourth-order valence-corrected chi connectivity index (χ4v) is 3.00. The van der Waals surface area contributed by atoms with Gasteiger partial charge < -0.3 is 5.73 Å². The normalized spacial score (nSPS) is 10.7. The third-order valence-electron chi connectivity index (χ3n) is 3.02. The maximum absolute atomic E-state index is 13.0. The SMILES string of the molecule is NCc1sc(-c2ccc(F)cc2)nc1-c1ccccc1. The van der Waals surface area contributed by atoms with Crippen molar-refractivity contribution < 1.29 is 4.39 Å². The first-order valence-electron chi connectivity index (χ1n) is 6.29. The van der Waals surface area contributed by atoms with Gasteiger partial charge in [-0.2, -0.15) is 0 Å². The van der Waals surface area contributed by atoms with Gasteiger partial charge in [0.25, 0.3) is 0 Å². The molecule has 0 amide bonds. The number of nitrogens with zero attached hydrogens (tertiary/aromatic N) is 1. The van der Waals surface area contributed by atoms with Gasteiger partial charge in [0.1, 0.15) is 10.8 Å². The van der Waals surface area contributed by atoms with Crippen LogP contribution in [0.4, 0.5) is 4.39 Å². The molecule has 0 aliphatic heterocycles. The van der Waals surface area contributed by atoms with Crippen molar-refractivity contribution in [2.24, 2.45) is 5.73 Å². The van der Waals surface area contributed by atoms with E-state index in [0.29, 0.717) is 6.54 Å².